The number of nitrogens with zero attached hydrogens (tertiary/aromatic N) is 1. The quantitative estimate of drug-likeness (QED) is 0.853. The highest BCUT2D eigenvalue weighted by Crippen LogP contribution is 2.29. The SMILES string of the molecule is CCCN(C1CCNC1)S(=O)(=O)c1ccc(Br)cc1Cl. The molecule has 1 fully saturated rings. The molecule has 1 atom stereocenters. The summed E-state index contributed by atoms with van der Waals surface area (Å²) >= 11 is 9.41. The van der Waals surface area contributed by atoms with Crippen molar-refractivity contribution < 1.29 is 8.42 Å². The maximum absolute atomic E-state index is 12.8. The first kappa shape index (κ1) is 16.2. The van der Waals surface area contributed by atoms with Gasteiger partial charge in [0.2, 0.25) is 10.0 Å². The minimum Gasteiger partial charge on any atom is -0.315 e. The second-order valence-electron chi connectivity index (χ2n) is 4.84. The second kappa shape index (κ2) is 6.75. The van der Waals surface area contributed by atoms with Crippen LogP contribution in [0.2, 0.25) is 5.02 Å². The molecule has 0 saturated carbocycles. The maximum atomic E-state index is 12.8. The highest BCUT2D eigenvalue weighted by atomic mass is 79.9. The van der Waals surface area contributed by atoms with Gasteiger partial charge in [-0.15, -0.1) is 0 Å². The Labute approximate surface area is 133 Å². The smallest absolute Gasteiger partial charge is 0.244 e. The molecule has 2 rings (SSSR count). The summed E-state index contributed by atoms with van der Waals surface area (Å²) in [6.45, 7) is 4.05. The zero-order valence-electron chi connectivity index (χ0n) is 11.3. The van der Waals surface area contributed by atoms with Crippen LogP contribution in [0, 0.1) is 0 Å². The lowest BCUT2D eigenvalue weighted by Gasteiger charge is -2.27. The van der Waals surface area contributed by atoms with E-state index < -0.39 is 10.0 Å². The first-order valence-electron chi connectivity index (χ1n) is 6.64. The zero-order chi connectivity index (χ0) is 14.8. The van der Waals surface area contributed by atoms with E-state index in [1.807, 2.05) is 6.92 Å². The first-order valence-corrected chi connectivity index (χ1v) is 9.25. The summed E-state index contributed by atoms with van der Waals surface area (Å²) in [7, 11) is -3.55. The topological polar surface area (TPSA) is 49.4 Å². The van der Waals surface area contributed by atoms with Crippen molar-refractivity contribution in [3.8, 4) is 0 Å². The van der Waals surface area contributed by atoms with Crippen LogP contribution in [-0.4, -0.2) is 38.4 Å². The normalized spacial score (nSPS) is 19.7. The Morgan fingerprint density at radius 3 is 2.80 bits per heavy atom. The molecule has 1 N–H and O–H groups in total. The third-order valence-corrected chi connectivity index (χ3v) is 6.29. The highest BCUT2D eigenvalue weighted by molar-refractivity contribution is 9.10. The van der Waals surface area contributed by atoms with E-state index in [2.05, 4.69) is 21.2 Å². The van der Waals surface area contributed by atoms with Gasteiger partial charge in [-0.1, -0.05) is 34.5 Å². The summed E-state index contributed by atoms with van der Waals surface area (Å²) in [5, 5.41) is 3.47. The Morgan fingerprint density at radius 2 is 2.25 bits per heavy atom. The van der Waals surface area contributed by atoms with Crippen molar-refractivity contribution in [3.63, 3.8) is 0 Å². The molecule has 0 spiro atoms. The number of sulfonamides is 1. The monoisotopic (exact) mass is 380 g/mol. The van der Waals surface area contributed by atoms with Crippen LogP contribution in [0.1, 0.15) is 19.8 Å². The summed E-state index contributed by atoms with van der Waals surface area (Å²) in [5.74, 6) is 0. The number of halogens is 2. The predicted molar refractivity (Wildman–Crippen MR) is 84.6 cm³/mol. The van der Waals surface area contributed by atoms with Crippen molar-refractivity contribution in [2.45, 2.75) is 30.7 Å². The van der Waals surface area contributed by atoms with Crippen molar-refractivity contribution in [1.82, 2.24) is 9.62 Å². The van der Waals surface area contributed by atoms with E-state index in [9.17, 15) is 8.42 Å². The largest absolute Gasteiger partial charge is 0.315 e. The van der Waals surface area contributed by atoms with Gasteiger partial charge in [0.25, 0.3) is 0 Å². The van der Waals surface area contributed by atoms with Crippen LogP contribution < -0.4 is 5.32 Å². The molecule has 112 valence electrons. The third kappa shape index (κ3) is 3.36. The van der Waals surface area contributed by atoms with Gasteiger partial charge in [0, 0.05) is 23.6 Å². The summed E-state index contributed by atoms with van der Waals surface area (Å²) < 4.78 is 28.0. The average Bonchev–Trinajstić information content (AvgIpc) is 2.88. The minimum absolute atomic E-state index is 0.0136. The Balaban J connectivity index is 2.39. The number of hydrogen-bond donors (Lipinski definition) is 1. The van der Waals surface area contributed by atoms with Gasteiger partial charge >= 0.3 is 0 Å². The van der Waals surface area contributed by atoms with Gasteiger partial charge in [0.05, 0.1) is 5.02 Å². The van der Waals surface area contributed by atoms with Crippen LogP contribution >= 0.6 is 27.5 Å². The van der Waals surface area contributed by atoms with Gasteiger partial charge in [-0.05, 0) is 37.6 Å². The summed E-state index contributed by atoms with van der Waals surface area (Å²) in [5.41, 5.74) is 0. The van der Waals surface area contributed by atoms with Crippen LogP contribution in [-0.2, 0) is 10.0 Å². The Kier molecular flexibility index (Phi) is 5.48. The molecule has 1 saturated heterocycles. The van der Waals surface area contributed by atoms with Crippen molar-refractivity contribution >= 4 is 37.6 Å². The maximum Gasteiger partial charge on any atom is 0.244 e. The average molecular weight is 382 g/mol. The molecule has 1 aromatic carbocycles. The van der Waals surface area contributed by atoms with Crippen molar-refractivity contribution in [3.05, 3.63) is 27.7 Å². The van der Waals surface area contributed by atoms with E-state index in [1.54, 1.807) is 22.5 Å². The molecule has 1 heterocycles. The summed E-state index contributed by atoms with van der Waals surface area (Å²) in [6, 6.07) is 4.90. The molecule has 1 aliphatic heterocycles. The second-order valence-corrected chi connectivity index (χ2v) is 8.02. The molecule has 1 aromatic rings. The van der Waals surface area contributed by atoms with E-state index in [0.29, 0.717) is 13.1 Å². The van der Waals surface area contributed by atoms with Crippen LogP contribution in [0.5, 0.6) is 0 Å². The predicted octanol–water partition coefficient (Wildman–Crippen LogP) is 2.87. The van der Waals surface area contributed by atoms with E-state index in [4.69, 9.17) is 11.6 Å². The number of nitrogens with one attached hydrogen (secondary N) is 1. The molecule has 4 nitrogen and oxygen atoms in total. The molecular formula is C13H18BrClN2O2S. The lowest BCUT2D eigenvalue weighted by molar-refractivity contribution is 0.335. The van der Waals surface area contributed by atoms with Crippen LogP contribution in [0.3, 0.4) is 0 Å². The molecule has 7 heteroatoms. The number of benzene rings is 1. The fourth-order valence-corrected chi connectivity index (χ4v) is 5.17. The van der Waals surface area contributed by atoms with Gasteiger partial charge in [-0.25, -0.2) is 8.42 Å². The summed E-state index contributed by atoms with van der Waals surface area (Å²) in [6.07, 6.45) is 1.62. The molecule has 0 aliphatic carbocycles. The van der Waals surface area contributed by atoms with E-state index in [0.717, 1.165) is 23.9 Å². The van der Waals surface area contributed by atoms with Gasteiger partial charge in [-0.3, -0.25) is 0 Å². The van der Waals surface area contributed by atoms with E-state index in [1.165, 1.54) is 0 Å². The number of hydrogen-bond acceptors (Lipinski definition) is 3. The van der Waals surface area contributed by atoms with Crippen LogP contribution in [0.25, 0.3) is 0 Å². The molecule has 1 aliphatic rings. The molecule has 0 aromatic heterocycles. The van der Waals surface area contributed by atoms with Crippen molar-refractivity contribution in [2.24, 2.45) is 0 Å². The third-order valence-electron chi connectivity index (χ3n) is 3.37. The molecule has 1 unspecified atom stereocenters. The van der Waals surface area contributed by atoms with Crippen LogP contribution in [0.15, 0.2) is 27.6 Å². The molecule has 0 bridgehead atoms. The van der Waals surface area contributed by atoms with Gasteiger partial charge in [0.15, 0.2) is 0 Å². The lowest BCUT2D eigenvalue weighted by atomic mass is 10.2. The fraction of sp³-hybridized carbons (Fsp3) is 0.538. The van der Waals surface area contributed by atoms with Gasteiger partial charge < -0.3 is 5.32 Å². The highest BCUT2D eigenvalue weighted by Gasteiger charge is 2.33. The zero-order valence-corrected chi connectivity index (χ0v) is 14.4. The summed E-state index contributed by atoms with van der Waals surface area (Å²) in [4.78, 5) is 0.183. The van der Waals surface area contributed by atoms with Crippen molar-refractivity contribution in [1.29, 1.82) is 0 Å². The lowest BCUT2D eigenvalue weighted by Crippen LogP contribution is -2.42. The minimum atomic E-state index is -3.55. The molecular weight excluding hydrogens is 364 g/mol. The molecule has 0 radical (unpaired) electrons. The molecule has 20 heavy (non-hydrogen) atoms. The number of rotatable bonds is 5. The fourth-order valence-electron chi connectivity index (χ4n) is 2.42. The first-order chi connectivity index (χ1) is 9.46. The Bertz CT molecular complexity index is 574. The van der Waals surface area contributed by atoms with E-state index >= 15 is 0 Å². The standard InChI is InChI=1S/C13H18BrClN2O2S/c1-2-7-17(11-5-6-16-9-11)20(18,19)13-4-3-10(14)8-12(13)15/h3-4,8,11,16H,2,5-7,9H2,1H3. The van der Waals surface area contributed by atoms with Gasteiger partial charge in [-0.2, -0.15) is 4.31 Å². The Hall–Kier alpha value is -0.140. The van der Waals surface area contributed by atoms with Crippen molar-refractivity contribution in [2.75, 3.05) is 19.6 Å². The van der Waals surface area contributed by atoms with E-state index in [-0.39, 0.29) is 16.0 Å². The van der Waals surface area contributed by atoms with Gasteiger partial charge in [0.1, 0.15) is 4.90 Å². The molecule has 0 amide bonds. The van der Waals surface area contributed by atoms with Crippen LogP contribution in [0.4, 0.5) is 0 Å². The Morgan fingerprint density at radius 1 is 1.50 bits per heavy atom.